The molecule has 110 valence electrons. The third-order valence-corrected chi connectivity index (χ3v) is 3.27. The molecule has 0 N–H and O–H groups in total. The van der Waals surface area contributed by atoms with E-state index in [-0.39, 0.29) is 5.91 Å². The van der Waals surface area contributed by atoms with Crippen LogP contribution in [0.4, 0.5) is 0 Å². The lowest BCUT2D eigenvalue weighted by Gasteiger charge is -2.17. The van der Waals surface area contributed by atoms with Gasteiger partial charge in [0.1, 0.15) is 17.5 Å². The number of carbonyl (C=O) groups is 1. The summed E-state index contributed by atoms with van der Waals surface area (Å²) in [6, 6.07) is 10.4. The molecule has 4 nitrogen and oxygen atoms in total. The molecule has 21 heavy (non-hydrogen) atoms. The predicted molar refractivity (Wildman–Crippen MR) is 83.2 cm³/mol. The first-order valence-electron chi connectivity index (χ1n) is 6.31. The Kier molecular flexibility index (Phi) is 5.42. The van der Waals surface area contributed by atoms with Crippen molar-refractivity contribution < 1.29 is 9.53 Å². The van der Waals surface area contributed by atoms with Crippen LogP contribution in [0.3, 0.4) is 0 Å². The molecule has 0 aliphatic heterocycles. The standard InChI is InChI=1S/C15H14Cl2N2O2/c1-19(15(20)11-5-6-14(17)18-10-11)7-8-21-13-4-2-3-12(16)9-13/h2-6,9-10H,7-8H2,1H3. The number of likely N-dealkylation sites (N-methyl/N-ethyl adjacent to an activating group) is 1. The van der Waals surface area contributed by atoms with E-state index in [1.807, 2.05) is 12.1 Å². The zero-order chi connectivity index (χ0) is 15.2. The zero-order valence-electron chi connectivity index (χ0n) is 11.4. The van der Waals surface area contributed by atoms with Crippen LogP contribution in [0.25, 0.3) is 0 Å². The number of pyridine rings is 1. The van der Waals surface area contributed by atoms with Crippen LogP contribution in [0.5, 0.6) is 5.75 Å². The fraction of sp³-hybridized carbons (Fsp3) is 0.200. The molecule has 0 fully saturated rings. The van der Waals surface area contributed by atoms with Crippen molar-refractivity contribution in [3.8, 4) is 5.75 Å². The van der Waals surface area contributed by atoms with Gasteiger partial charge in [0.25, 0.3) is 5.91 Å². The number of benzene rings is 1. The van der Waals surface area contributed by atoms with Gasteiger partial charge in [-0.3, -0.25) is 4.79 Å². The third-order valence-electron chi connectivity index (χ3n) is 2.81. The molecule has 1 aromatic heterocycles. The lowest BCUT2D eigenvalue weighted by molar-refractivity contribution is 0.0773. The number of aromatic nitrogens is 1. The Hall–Kier alpha value is -1.78. The monoisotopic (exact) mass is 324 g/mol. The van der Waals surface area contributed by atoms with Gasteiger partial charge in [-0.05, 0) is 30.3 Å². The molecule has 0 saturated carbocycles. The van der Waals surface area contributed by atoms with Crippen molar-refractivity contribution in [1.82, 2.24) is 9.88 Å². The number of carbonyl (C=O) groups excluding carboxylic acids is 1. The second-order valence-electron chi connectivity index (χ2n) is 4.40. The largest absolute Gasteiger partial charge is 0.492 e. The highest BCUT2D eigenvalue weighted by molar-refractivity contribution is 6.30. The molecule has 1 aromatic carbocycles. The van der Waals surface area contributed by atoms with Gasteiger partial charge in [0, 0.05) is 18.3 Å². The van der Waals surface area contributed by atoms with E-state index in [0.29, 0.717) is 34.6 Å². The van der Waals surface area contributed by atoms with E-state index >= 15 is 0 Å². The number of nitrogens with zero attached hydrogens (tertiary/aromatic N) is 2. The summed E-state index contributed by atoms with van der Waals surface area (Å²) in [5.74, 6) is 0.547. The maximum Gasteiger partial charge on any atom is 0.255 e. The van der Waals surface area contributed by atoms with Gasteiger partial charge >= 0.3 is 0 Å². The van der Waals surface area contributed by atoms with Crippen molar-refractivity contribution in [2.75, 3.05) is 20.2 Å². The maximum atomic E-state index is 12.1. The van der Waals surface area contributed by atoms with Gasteiger partial charge in [0.2, 0.25) is 0 Å². The van der Waals surface area contributed by atoms with Crippen molar-refractivity contribution >= 4 is 29.1 Å². The van der Waals surface area contributed by atoms with Gasteiger partial charge in [0.15, 0.2) is 0 Å². The summed E-state index contributed by atoms with van der Waals surface area (Å²) in [6.07, 6.45) is 1.46. The maximum absolute atomic E-state index is 12.1. The molecular weight excluding hydrogens is 311 g/mol. The fourth-order valence-electron chi connectivity index (χ4n) is 1.68. The Morgan fingerprint density at radius 3 is 2.76 bits per heavy atom. The molecule has 2 rings (SSSR count). The Morgan fingerprint density at radius 2 is 2.10 bits per heavy atom. The van der Waals surface area contributed by atoms with Crippen LogP contribution in [0.2, 0.25) is 10.2 Å². The van der Waals surface area contributed by atoms with Gasteiger partial charge in [0.05, 0.1) is 12.1 Å². The second kappa shape index (κ2) is 7.29. The first kappa shape index (κ1) is 15.6. The third kappa shape index (κ3) is 4.62. The summed E-state index contributed by atoms with van der Waals surface area (Å²) in [7, 11) is 1.71. The van der Waals surface area contributed by atoms with Crippen LogP contribution in [0, 0.1) is 0 Å². The molecule has 1 amide bonds. The number of rotatable bonds is 5. The Bertz CT molecular complexity index is 617. The molecular formula is C15H14Cl2N2O2. The fourth-order valence-corrected chi connectivity index (χ4v) is 1.97. The van der Waals surface area contributed by atoms with Gasteiger partial charge in [-0.15, -0.1) is 0 Å². The van der Waals surface area contributed by atoms with E-state index in [1.54, 1.807) is 36.2 Å². The summed E-state index contributed by atoms with van der Waals surface area (Å²) in [6.45, 7) is 0.831. The number of ether oxygens (including phenoxy) is 1. The number of hydrogen-bond acceptors (Lipinski definition) is 3. The Balaban J connectivity index is 1.85. The smallest absolute Gasteiger partial charge is 0.255 e. The molecule has 0 aliphatic rings. The average molecular weight is 325 g/mol. The van der Waals surface area contributed by atoms with Gasteiger partial charge < -0.3 is 9.64 Å². The molecule has 0 atom stereocenters. The van der Waals surface area contributed by atoms with E-state index in [9.17, 15) is 4.79 Å². The molecule has 0 spiro atoms. The summed E-state index contributed by atoms with van der Waals surface area (Å²) in [5, 5.41) is 0.975. The van der Waals surface area contributed by atoms with Crippen molar-refractivity contribution in [1.29, 1.82) is 0 Å². The van der Waals surface area contributed by atoms with Crippen LogP contribution < -0.4 is 4.74 Å². The summed E-state index contributed by atoms with van der Waals surface area (Å²) < 4.78 is 5.55. The number of halogens is 2. The molecule has 0 saturated heterocycles. The number of hydrogen-bond donors (Lipinski definition) is 0. The summed E-state index contributed by atoms with van der Waals surface area (Å²) >= 11 is 11.6. The zero-order valence-corrected chi connectivity index (χ0v) is 12.9. The highest BCUT2D eigenvalue weighted by Crippen LogP contribution is 2.17. The van der Waals surface area contributed by atoms with E-state index in [0.717, 1.165) is 0 Å². The van der Waals surface area contributed by atoms with Crippen molar-refractivity contribution in [3.63, 3.8) is 0 Å². The van der Waals surface area contributed by atoms with Crippen molar-refractivity contribution in [3.05, 3.63) is 58.3 Å². The highest BCUT2D eigenvalue weighted by atomic mass is 35.5. The quantitative estimate of drug-likeness (QED) is 0.790. The molecule has 0 radical (unpaired) electrons. The first-order chi connectivity index (χ1) is 10.1. The van der Waals surface area contributed by atoms with Crippen LogP contribution in [-0.2, 0) is 0 Å². The lowest BCUT2D eigenvalue weighted by atomic mass is 10.2. The van der Waals surface area contributed by atoms with Crippen molar-refractivity contribution in [2.45, 2.75) is 0 Å². The predicted octanol–water partition coefficient (Wildman–Crippen LogP) is 3.54. The van der Waals surface area contributed by atoms with E-state index in [4.69, 9.17) is 27.9 Å². The van der Waals surface area contributed by atoms with E-state index < -0.39 is 0 Å². The summed E-state index contributed by atoms with van der Waals surface area (Å²) in [5.41, 5.74) is 0.490. The normalized spacial score (nSPS) is 10.2. The minimum Gasteiger partial charge on any atom is -0.492 e. The SMILES string of the molecule is CN(CCOc1cccc(Cl)c1)C(=O)c1ccc(Cl)nc1. The number of amides is 1. The molecule has 0 unspecified atom stereocenters. The van der Waals surface area contributed by atoms with E-state index in [1.165, 1.54) is 6.20 Å². The van der Waals surface area contributed by atoms with E-state index in [2.05, 4.69) is 4.98 Å². The molecule has 0 aliphatic carbocycles. The minimum absolute atomic E-state index is 0.131. The van der Waals surface area contributed by atoms with Crippen LogP contribution >= 0.6 is 23.2 Å². The Morgan fingerprint density at radius 1 is 1.29 bits per heavy atom. The highest BCUT2D eigenvalue weighted by Gasteiger charge is 2.11. The van der Waals surface area contributed by atoms with Crippen LogP contribution in [0.1, 0.15) is 10.4 Å². The topological polar surface area (TPSA) is 42.4 Å². The Labute approximate surface area is 133 Å². The summed E-state index contributed by atoms with van der Waals surface area (Å²) in [4.78, 5) is 17.6. The molecule has 0 bridgehead atoms. The van der Waals surface area contributed by atoms with Gasteiger partial charge in [-0.2, -0.15) is 0 Å². The lowest BCUT2D eigenvalue weighted by Crippen LogP contribution is -2.30. The van der Waals surface area contributed by atoms with Gasteiger partial charge in [-0.25, -0.2) is 4.98 Å². The van der Waals surface area contributed by atoms with Crippen LogP contribution in [0.15, 0.2) is 42.6 Å². The van der Waals surface area contributed by atoms with Gasteiger partial charge in [-0.1, -0.05) is 29.3 Å². The minimum atomic E-state index is -0.131. The molecule has 1 heterocycles. The first-order valence-corrected chi connectivity index (χ1v) is 7.07. The second-order valence-corrected chi connectivity index (χ2v) is 5.23. The molecule has 2 aromatic rings. The average Bonchev–Trinajstić information content (AvgIpc) is 2.47. The van der Waals surface area contributed by atoms with Crippen LogP contribution in [-0.4, -0.2) is 36.0 Å². The van der Waals surface area contributed by atoms with Crippen molar-refractivity contribution in [2.24, 2.45) is 0 Å². The molecule has 6 heteroatoms.